The van der Waals surface area contributed by atoms with E-state index < -0.39 is 11.7 Å². The summed E-state index contributed by atoms with van der Waals surface area (Å²) in [5.74, 6) is 0.702. The van der Waals surface area contributed by atoms with Crippen LogP contribution in [0.4, 0.5) is 13.2 Å². The summed E-state index contributed by atoms with van der Waals surface area (Å²) in [5.41, 5.74) is 0.356. The van der Waals surface area contributed by atoms with Gasteiger partial charge in [-0.15, -0.1) is 0 Å². The summed E-state index contributed by atoms with van der Waals surface area (Å²) < 4.78 is 42.1. The lowest BCUT2D eigenvalue weighted by Gasteiger charge is -2.31. The number of benzene rings is 1. The molecule has 1 fully saturated rings. The van der Waals surface area contributed by atoms with Crippen molar-refractivity contribution in [3.05, 3.63) is 35.4 Å². The van der Waals surface area contributed by atoms with Crippen molar-refractivity contribution in [1.82, 2.24) is 0 Å². The van der Waals surface area contributed by atoms with Gasteiger partial charge in [0.25, 0.3) is 0 Å². The Kier molecular flexibility index (Phi) is 2.93. The van der Waals surface area contributed by atoms with Gasteiger partial charge in [-0.1, -0.05) is 19.1 Å². The van der Waals surface area contributed by atoms with Crippen LogP contribution in [0.3, 0.4) is 0 Å². The number of ether oxygens (including phenoxy) is 1. The summed E-state index contributed by atoms with van der Waals surface area (Å²) in [6.45, 7) is 3.44. The Balaban J connectivity index is 2.12. The molecule has 88 valence electrons. The smallest absolute Gasteiger partial charge is 0.381 e. The largest absolute Gasteiger partial charge is 0.416 e. The average molecular weight is 230 g/mol. The Morgan fingerprint density at radius 2 is 1.75 bits per heavy atom. The second kappa shape index (κ2) is 4.09. The first-order chi connectivity index (χ1) is 7.48. The van der Waals surface area contributed by atoms with E-state index in [1.807, 2.05) is 6.92 Å². The topological polar surface area (TPSA) is 9.23 Å². The van der Waals surface area contributed by atoms with Gasteiger partial charge in [0.15, 0.2) is 0 Å². The van der Waals surface area contributed by atoms with Gasteiger partial charge in [0.05, 0.1) is 18.8 Å². The fourth-order valence-electron chi connectivity index (χ4n) is 1.79. The lowest BCUT2D eigenvalue weighted by molar-refractivity contribution is -0.137. The van der Waals surface area contributed by atoms with Crippen LogP contribution in [-0.4, -0.2) is 13.2 Å². The van der Waals surface area contributed by atoms with Crippen molar-refractivity contribution >= 4 is 0 Å². The Morgan fingerprint density at radius 1 is 1.19 bits per heavy atom. The predicted octanol–water partition coefficient (Wildman–Crippen LogP) is 3.46. The number of rotatable bonds is 2. The minimum atomic E-state index is -4.25. The van der Waals surface area contributed by atoms with Gasteiger partial charge in [-0.2, -0.15) is 13.2 Å². The van der Waals surface area contributed by atoms with E-state index in [1.54, 1.807) is 12.1 Å². The Morgan fingerprint density at radius 3 is 2.12 bits per heavy atom. The van der Waals surface area contributed by atoms with Crippen LogP contribution in [0.15, 0.2) is 24.3 Å². The Bertz CT molecular complexity index is 352. The average Bonchev–Trinajstić information content (AvgIpc) is 2.14. The molecule has 0 spiro atoms. The highest BCUT2D eigenvalue weighted by Crippen LogP contribution is 2.33. The molecule has 1 saturated heterocycles. The van der Waals surface area contributed by atoms with Crippen LogP contribution in [0.25, 0.3) is 0 Å². The summed E-state index contributed by atoms with van der Waals surface area (Å²) in [5, 5.41) is 0. The summed E-state index contributed by atoms with van der Waals surface area (Å²) in [4.78, 5) is 0. The molecular formula is C12H13F3O. The zero-order chi connectivity index (χ0) is 11.8. The molecule has 1 nitrogen and oxygen atoms in total. The Labute approximate surface area is 92.2 Å². The molecule has 1 aliphatic rings. The second-order valence-corrected chi connectivity index (χ2v) is 4.21. The molecule has 0 amide bonds. The number of alkyl halides is 3. The molecule has 0 bridgehead atoms. The van der Waals surface area contributed by atoms with Gasteiger partial charge < -0.3 is 4.74 Å². The van der Waals surface area contributed by atoms with Gasteiger partial charge in [-0.05, 0) is 23.6 Å². The van der Waals surface area contributed by atoms with Crippen LogP contribution in [0.1, 0.15) is 24.0 Å². The zero-order valence-corrected chi connectivity index (χ0v) is 8.92. The number of halogens is 3. The molecule has 1 aliphatic heterocycles. The van der Waals surface area contributed by atoms with E-state index in [-0.39, 0.29) is 5.92 Å². The number of hydrogen-bond acceptors (Lipinski definition) is 1. The van der Waals surface area contributed by atoms with Crippen LogP contribution < -0.4 is 0 Å². The molecule has 0 radical (unpaired) electrons. The van der Waals surface area contributed by atoms with E-state index in [1.165, 1.54) is 0 Å². The molecule has 2 rings (SSSR count). The van der Waals surface area contributed by atoms with E-state index in [9.17, 15) is 13.2 Å². The minimum Gasteiger partial charge on any atom is -0.381 e. The van der Waals surface area contributed by atoms with E-state index in [2.05, 4.69) is 0 Å². The van der Waals surface area contributed by atoms with Crippen molar-refractivity contribution < 1.29 is 17.9 Å². The van der Waals surface area contributed by atoms with Crippen molar-refractivity contribution in [3.8, 4) is 0 Å². The normalized spacial score (nSPS) is 19.2. The van der Waals surface area contributed by atoms with Gasteiger partial charge in [0, 0.05) is 5.92 Å². The SMILES string of the molecule is C[C@@H](c1ccc(C(F)(F)F)cc1)C1COC1. The van der Waals surface area contributed by atoms with Crippen LogP contribution in [-0.2, 0) is 10.9 Å². The van der Waals surface area contributed by atoms with E-state index in [0.717, 1.165) is 17.7 Å². The van der Waals surface area contributed by atoms with E-state index in [4.69, 9.17) is 4.74 Å². The molecule has 0 N–H and O–H groups in total. The van der Waals surface area contributed by atoms with Crippen LogP contribution >= 0.6 is 0 Å². The number of hydrogen-bond donors (Lipinski definition) is 0. The van der Waals surface area contributed by atoms with Gasteiger partial charge in [0.2, 0.25) is 0 Å². The van der Waals surface area contributed by atoms with E-state index >= 15 is 0 Å². The monoisotopic (exact) mass is 230 g/mol. The zero-order valence-electron chi connectivity index (χ0n) is 8.92. The van der Waals surface area contributed by atoms with Crippen LogP contribution in [0.5, 0.6) is 0 Å². The maximum absolute atomic E-state index is 12.3. The van der Waals surface area contributed by atoms with Crippen molar-refractivity contribution in [2.75, 3.05) is 13.2 Å². The fraction of sp³-hybridized carbons (Fsp3) is 0.500. The molecule has 0 unspecified atom stereocenters. The summed E-state index contributed by atoms with van der Waals surface area (Å²) >= 11 is 0. The fourth-order valence-corrected chi connectivity index (χ4v) is 1.79. The van der Waals surface area contributed by atoms with Crippen molar-refractivity contribution in [1.29, 1.82) is 0 Å². The standard InChI is InChI=1S/C12H13F3O/c1-8(10-6-16-7-10)9-2-4-11(5-3-9)12(13,14)15/h2-5,8,10H,6-7H2,1H3/t8-/m0/s1. The highest BCUT2D eigenvalue weighted by molar-refractivity contribution is 5.27. The first-order valence-electron chi connectivity index (χ1n) is 5.23. The van der Waals surface area contributed by atoms with Crippen LogP contribution in [0, 0.1) is 5.92 Å². The molecule has 4 heteroatoms. The predicted molar refractivity (Wildman–Crippen MR) is 54.2 cm³/mol. The van der Waals surface area contributed by atoms with Crippen molar-refractivity contribution in [2.24, 2.45) is 5.92 Å². The second-order valence-electron chi connectivity index (χ2n) is 4.21. The lowest BCUT2D eigenvalue weighted by Crippen LogP contribution is -2.31. The highest BCUT2D eigenvalue weighted by atomic mass is 19.4. The summed E-state index contributed by atoms with van der Waals surface area (Å²) in [7, 11) is 0. The maximum Gasteiger partial charge on any atom is 0.416 e. The molecule has 1 aromatic rings. The van der Waals surface area contributed by atoms with Gasteiger partial charge >= 0.3 is 6.18 Å². The first-order valence-corrected chi connectivity index (χ1v) is 5.23. The third-order valence-corrected chi connectivity index (χ3v) is 3.13. The molecule has 0 aliphatic carbocycles. The summed E-state index contributed by atoms with van der Waals surface area (Å²) in [6.07, 6.45) is -4.25. The van der Waals surface area contributed by atoms with Gasteiger partial charge in [-0.3, -0.25) is 0 Å². The third-order valence-electron chi connectivity index (χ3n) is 3.13. The quantitative estimate of drug-likeness (QED) is 0.756. The third kappa shape index (κ3) is 2.21. The molecule has 1 aromatic carbocycles. The molecular weight excluding hydrogens is 217 g/mol. The lowest BCUT2D eigenvalue weighted by atomic mass is 9.86. The molecule has 0 aromatic heterocycles. The van der Waals surface area contributed by atoms with Gasteiger partial charge in [-0.25, -0.2) is 0 Å². The molecule has 16 heavy (non-hydrogen) atoms. The van der Waals surface area contributed by atoms with Crippen molar-refractivity contribution in [3.63, 3.8) is 0 Å². The molecule has 0 saturated carbocycles. The van der Waals surface area contributed by atoms with Crippen LogP contribution in [0.2, 0.25) is 0 Å². The van der Waals surface area contributed by atoms with E-state index in [0.29, 0.717) is 19.1 Å². The van der Waals surface area contributed by atoms with Crippen molar-refractivity contribution in [2.45, 2.75) is 19.0 Å². The first kappa shape index (κ1) is 11.5. The molecule has 1 atom stereocenters. The Hall–Kier alpha value is -1.03. The minimum absolute atomic E-state index is 0.260. The maximum atomic E-state index is 12.3. The summed E-state index contributed by atoms with van der Waals surface area (Å²) in [6, 6.07) is 5.41. The van der Waals surface area contributed by atoms with Gasteiger partial charge in [0.1, 0.15) is 0 Å². The highest BCUT2D eigenvalue weighted by Gasteiger charge is 2.31. The molecule has 1 heterocycles.